The maximum absolute atomic E-state index is 2.75. The van der Waals surface area contributed by atoms with E-state index in [2.05, 4.69) is 417 Å². The van der Waals surface area contributed by atoms with Crippen LogP contribution in [-0.2, 0) is 21.7 Å². The molecule has 0 amide bonds. The van der Waals surface area contributed by atoms with E-state index in [4.69, 9.17) is 0 Å². The number of hydrogen-bond acceptors (Lipinski definition) is 2. The molecule has 20 aromatic rings. The van der Waals surface area contributed by atoms with Crippen LogP contribution in [0.4, 0.5) is 22.7 Å². The van der Waals surface area contributed by atoms with Crippen molar-refractivity contribution in [1.82, 2.24) is 9.13 Å². The summed E-state index contributed by atoms with van der Waals surface area (Å²) in [4.78, 5) is 5.45. The molecule has 0 saturated carbocycles. The Morgan fingerprint density at radius 1 is 0.233 bits per heavy atom. The van der Waals surface area contributed by atoms with Gasteiger partial charge in [0, 0.05) is 73.0 Å². The molecule has 0 fully saturated rings. The van der Waals surface area contributed by atoms with Gasteiger partial charge in [-0.1, -0.05) is 289 Å². The van der Waals surface area contributed by atoms with E-state index in [1.165, 1.54) is 202 Å². The second-order valence-electron chi connectivity index (χ2n) is 37.6. The predicted molar refractivity (Wildman–Crippen MR) is 500 cm³/mol. The normalized spacial score (nSPS) is 14.8. The van der Waals surface area contributed by atoms with Gasteiger partial charge in [-0.25, -0.2) is 0 Å². The number of nitrogens with zero attached hydrogens (tertiary/aromatic N) is 4. The SMILES string of the molecule is CC(C)(C)c1ccc2c(c1)c1cc(C(C)(C)C)ccc1n2-c1ccc2c(c1)N(c1ccc3c4ccccc4c4ccccc4c3c1)C1=CC(c3ccc4c5ccccc5c5ccccc5c4c3)C3=C1B2c1ccc(-n2c4ccc(C(C)(C)C)cc4c4cc(C(C)(C)C)ccc42)cc1N3c1ccc2c3ccccc3c3ccccc3c2c1. The first-order valence-electron chi connectivity index (χ1n) is 41.6. The summed E-state index contributed by atoms with van der Waals surface area (Å²) < 4.78 is 5.15. The lowest BCUT2D eigenvalue weighted by Gasteiger charge is -2.44. The molecule has 0 radical (unpaired) electrons. The van der Waals surface area contributed by atoms with E-state index in [-0.39, 0.29) is 34.3 Å². The minimum Gasteiger partial charge on any atom is -0.314 e. The summed E-state index contributed by atoms with van der Waals surface area (Å²) in [6.07, 6.45) is 2.69. The summed E-state index contributed by atoms with van der Waals surface area (Å²) in [6.45, 7) is 27.9. The molecule has 2 aliphatic heterocycles. The van der Waals surface area contributed by atoms with Gasteiger partial charge in [-0.2, -0.15) is 0 Å². The van der Waals surface area contributed by atoms with Gasteiger partial charge >= 0.3 is 0 Å². The van der Waals surface area contributed by atoms with Crippen LogP contribution >= 0.6 is 0 Å². The van der Waals surface area contributed by atoms with Crippen LogP contribution in [0.25, 0.3) is 152 Å². The summed E-state index contributed by atoms with van der Waals surface area (Å²) >= 11 is 0. The van der Waals surface area contributed by atoms with Gasteiger partial charge in [0.15, 0.2) is 0 Å². The molecule has 556 valence electrons. The van der Waals surface area contributed by atoms with Crippen LogP contribution in [-0.4, -0.2) is 15.8 Å². The number of benzene rings is 18. The van der Waals surface area contributed by atoms with Crippen LogP contribution in [0.15, 0.2) is 332 Å². The minimum absolute atomic E-state index is 0.0556. The molecule has 4 heterocycles. The second-order valence-corrected chi connectivity index (χ2v) is 37.6. The first-order valence-corrected chi connectivity index (χ1v) is 41.6. The molecule has 3 aliphatic rings. The molecular formula is C111H89BN4. The number of rotatable bonds is 5. The Kier molecular flexibility index (Phi) is 14.4. The van der Waals surface area contributed by atoms with Gasteiger partial charge < -0.3 is 18.9 Å². The maximum Gasteiger partial charge on any atom is 0.251 e. The zero-order valence-electron chi connectivity index (χ0n) is 68.0. The van der Waals surface area contributed by atoms with E-state index in [1.54, 1.807) is 0 Å². The summed E-state index contributed by atoms with van der Waals surface area (Å²) in [6, 6.07) is 121. The van der Waals surface area contributed by atoms with Crippen molar-refractivity contribution >= 4 is 181 Å². The van der Waals surface area contributed by atoms with Crippen LogP contribution in [0.2, 0.25) is 0 Å². The van der Waals surface area contributed by atoms with E-state index in [0.717, 1.165) is 28.4 Å². The summed E-state index contributed by atoms with van der Waals surface area (Å²) in [7, 11) is 0. The number of fused-ring (bicyclic) bond motifs is 28. The second kappa shape index (κ2) is 24.3. The van der Waals surface area contributed by atoms with Crippen molar-refractivity contribution in [2.75, 3.05) is 9.80 Å². The van der Waals surface area contributed by atoms with Gasteiger partial charge in [0.05, 0.1) is 22.1 Å². The van der Waals surface area contributed by atoms with E-state index < -0.39 is 0 Å². The van der Waals surface area contributed by atoms with Crippen LogP contribution in [0.5, 0.6) is 0 Å². The van der Waals surface area contributed by atoms with E-state index in [9.17, 15) is 0 Å². The number of hydrogen-bond donors (Lipinski definition) is 0. The Balaban J connectivity index is 0.864. The number of allylic oxidation sites excluding steroid dienone is 2. The van der Waals surface area contributed by atoms with E-state index in [1.807, 2.05) is 0 Å². The average molecular weight is 1490 g/mol. The molecule has 1 aliphatic carbocycles. The highest BCUT2D eigenvalue weighted by molar-refractivity contribution is 6.95. The molecule has 5 heteroatoms. The Morgan fingerprint density at radius 3 is 0.836 bits per heavy atom. The topological polar surface area (TPSA) is 16.3 Å². The lowest BCUT2D eigenvalue weighted by molar-refractivity contribution is 0.590. The van der Waals surface area contributed by atoms with Crippen molar-refractivity contribution in [3.8, 4) is 11.4 Å². The quantitative estimate of drug-likeness (QED) is 0.126. The fraction of sp³-hybridized carbons (Fsp3) is 0.153. The summed E-state index contributed by atoms with van der Waals surface area (Å²) in [5.41, 5.74) is 24.2. The molecule has 1 atom stereocenters. The average Bonchev–Trinajstić information content (AvgIpc) is 1.35. The van der Waals surface area contributed by atoms with Crippen molar-refractivity contribution in [3.63, 3.8) is 0 Å². The van der Waals surface area contributed by atoms with Crippen molar-refractivity contribution in [1.29, 1.82) is 0 Å². The molecule has 1 unspecified atom stereocenters. The highest BCUT2D eigenvalue weighted by atomic mass is 15.2. The Hall–Kier alpha value is -13.0. The predicted octanol–water partition coefficient (Wildman–Crippen LogP) is 28.8. The van der Waals surface area contributed by atoms with E-state index in [0.29, 0.717) is 0 Å². The van der Waals surface area contributed by atoms with E-state index >= 15 is 0 Å². The van der Waals surface area contributed by atoms with Crippen LogP contribution in [0.1, 0.15) is 117 Å². The molecule has 0 bridgehead atoms. The molecule has 0 saturated heterocycles. The minimum atomic E-state index is -0.259. The third kappa shape index (κ3) is 10.00. The third-order valence-electron chi connectivity index (χ3n) is 26.7. The molecule has 116 heavy (non-hydrogen) atoms. The molecular weight excluding hydrogens is 1400 g/mol. The fourth-order valence-corrected chi connectivity index (χ4v) is 20.8. The molecule has 18 aromatic carbocycles. The zero-order chi connectivity index (χ0) is 78.5. The number of aromatic nitrogens is 2. The van der Waals surface area contributed by atoms with Crippen LogP contribution in [0.3, 0.4) is 0 Å². The van der Waals surface area contributed by atoms with Crippen LogP contribution < -0.4 is 20.7 Å². The van der Waals surface area contributed by atoms with Crippen molar-refractivity contribution < 1.29 is 0 Å². The van der Waals surface area contributed by atoms with Crippen molar-refractivity contribution in [3.05, 3.63) is 360 Å². The van der Waals surface area contributed by atoms with Gasteiger partial charge in [0.25, 0.3) is 6.71 Å². The van der Waals surface area contributed by atoms with Crippen LogP contribution in [0, 0.1) is 0 Å². The smallest absolute Gasteiger partial charge is 0.251 e. The Labute approximate surface area is 677 Å². The maximum atomic E-state index is 2.75. The van der Waals surface area contributed by atoms with Gasteiger partial charge in [-0.15, -0.1) is 0 Å². The van der Waals surface area contributed by atoms with Crippen molar-refractivity contribution in [2.45, 2.75) is 111 Å². The highest BCUT2D eigenvalue weighted by Gasteiger charge is 2.50. The molecule has 0 N–H and O–H groups in total. The highest BCUT2D eigenvalue weighted by Crippen LogP contribution is 2.56. The lowest BCUT2D eigenvalue weighted by atomic mass is 9.33. The molecule has 23 rings (SSSR count). The van der Waals surface area contributed by atoms with Gasteiger partial charge in [0.2, 0.25) is 0 Å². The molecule has 0 spiro atoms. The first-order chi connectivity index (χ1) is 56.1. The summed E-state index contributed by atoms with van der Waals surface area (Å²) in [5.74, 6) is -0.259. The standard InChI is InChI=1S/C111H89BN4/c1-108(2,3)66-38-51-99-93(56-66)94-57-67(109(4,5)6)39-52-100(94)113(99)72-44-49-97-103(62-72)115(70-42-47-87-81-32-17-14-26-75(81)78-29-20-23-35-84(78)91(87)60-70)105-64-89(65-37-46-86-80-31-16-13-25-74(80)77-28-19-22-34-83(77)90(86)55-65)107-106(105)112(97)98-50-45-73(114-101-53-40-68(110(7,8)9)58-95(101)96-59-69(111(10,11)12)41-54-102(96)114)63-104(98)116(107)71-43-48-88-82-33-18-15-27-76(82)79-30-21-24-36-85(79)92(88)61-71/h13-64,89H,1-12H3. The van der Waals surface area contributed by atoms with Gasteiger partial charge in [-0.05, 0) is 272 Å². The largest absolute Gasteiger partial charge is 0.314 e. The lowest BCUT2D eigenvalue weighted by Crippen LogP contribution is -2.55. The summed E-state index contributed by atoms with van der Waals surface area (Å²) in [5, 5.41) is 27.6. The molecule has 4 nitrogen and oxygen atoms in total. The third-order valence-corrected chi connectivity index (χ3v) is 26.7. The van der Waals surface area contributed by atoms with Crippen molar-refractivity contribution in [2.24, 2.45) is 0 Å². The monoisotopic (exact) mass is 1490 g/mol. The Bertz CT molecular complexity index is 7590. The zero-order valence-corrected chi connectivity index (χ0v) is 68.0. The first kappa shape index (κ1) is 68.6. The molecule has 2 aromatic heterocycles. The van der Waals surface area contributed by atoms with Gasteiger partial charge in [-0.3, -0.25) is 0 Å². The number of anilines is 4. The fourth-order valence-electron chi connectivity index (χ4n) is 20.8. The van der Waals surface area contributed by atoms with Gasteiger partial charge in [0.1, 0.15) is 0 Å². The Morgan fingerprint density at radius 2 is 0.509 bits per heavy atom.